The van der Waals surface area contributed by atoms with Crippen LogP contribution in [0.2, 0.25) is 0 Å². The molecule has 5 nitrogen and oxygen atoms in total. The first kappa shape index (κ1) is 17.2. The normalized spacial score (nSPS) is 18.7. The predicted octanol–water partition coefficient (Wildman–Crippen LogP) is 3.38. The SMILES string of the molecule is Cc1ccc(N=C2NC(=O)CC(C(=O)Nc3ccc(F)cc3)S2)cc1. The Labute approximate surface area is 148 Å². The highest BCUT2D eigenvalue weighted by Crippen LogP contribution is 2.25. The van der Waals surface area contributed by atoms with Crippen molar-refractivity contribution in [2.24, 2.45) is 4.99 Å². The van der Waals surface area contributed by atoms with Crippen LogP contribution in [0.5, 0.6) is 0 Å². The van der Waals surface area contributed by atoms with Gasteiger partial charge in [0.15, 0.2) is 5.17 Å². The molecule has 1 heterocycles. The second kappa shape index (κ2) is 7.48. The van der Waals surface area contributed by atoms with Crippen molar-refractivity contribution in [2.45, 2.75) is 18.6 Å². The monoisotopic (exact) mass is 357 g/mol. The molecule has 2 aromatic rings. The first-order chi connectivity index (χ1) is 12.0. The van der Waals surface area contributed by atoms with Crippen molar-refractivity contribution in [3.63, 3.8) is 0 Å². The Hall–Kier alpha value is -2.67. The summed E-state index contributed by atoms with van der Waals surface area (Å²) in [6.07, 6.45) is 0.0601. The molecule has 1 fully saturated rings. The molecule has 1 aliphatic heterocycles. The molecule has 0 spiro atoms. The fraction of sp³-hybridized carbons (Fsp3) is 0.167. The Morgan fingerprint density at radius 2 is 1.88 bits per heavy atom. The average molecular weight is 357 g/mol. The lowest BCUT2D eigenvalue weighted by Crippen LogP contribution is -2.41. The van der Waals surface area contributed by atoms with E-state index in [4.69, 9.17) is 0 Å². The van der Waals surface area contributed by atoms with Crippen LogP contribution in [0.25, 0.3) is 0 Å². The van der Waals surface area contributed by atoms with Crippen molar-refractivity contribution in [2.75, 3.05) is 5.32 Å². The summed E-state index contributed by atoms with van der Waals surface area (Å²) in [7, 11) is 0. The van der Waals surface area contributed by atoms with Crippen LogP contribution in [-0.4, -0.2) is 22.2 Å². The molecule has 0 aromatic heterocycles. The number of hydrogen-bond donors (Lipinski definition) is 2. The van der Waals surface area contributed by atoms with E-state index in [2.05, 4.69) is 15.6 Å². The number of amides is 2. The molecule has 0 radical (unpaired) electrons. The number of thioether (sulfide) groups is 1. The topological polar surface area (TPSA) is 70.6 Å². The lowest BCUT2D eigenvalue weighted by Gasteiger charge is -2.22. The fourth-order valence-electron chi connectivity index (χ4n) is 2.24. The number of carbonyl (C=O) groups is 2. The Morgan fingerprint density at radius 1 is 1.20 bits per heavy atom. The molecule has 1 atom stereocenters. The van der Waals surface area contributed by atoms with Crippen molar-refractivity contribution in [3.8, 4) is 0 Å². The van der Waals surface area contributed by atoms with E-state index in [-0.39, 0.29) is 24.1 Å². The van der Waals surface area contributed by atoms with E-state index >= 15 is 0 Å². The van der Waals surface area contributed by atoms with Crippen molar-refractivity contribution in [1.82, 2.24) is 5.32 Å². The van der Waals surface area contributed by atoms with E-state index < -0.39 is 5.25 Å². The second-order valence-electron chi connectivity index (χ2n) is 5.61. The van der Waals surface area contributed by atoms with Gasteiger partial charge in [-0.25, -0.2) is 9.38 Å². The Balaban J connectivity index is 1.71. The molecule has 7 heteroatoms. The zero-order chi connectivity index (χ0) is 17.8. The third-order valence-corrected chi connectivity index (χ3v) is 4.62. The summed E-state index contributed by atoms with van der Waals surface area (Å²) in [5.74, 6) is -0.955. The van der Waals surface area contributed by atoms with Gasteiger partial charge in [0.1, 0.15) is 11.1 Å². The summed E-state index contributed by atoms with van der Waals surface area (Å²) >= 11 is 1.20. The van der Waals surface area contributed by atoms with Crippen molar-refractivity contribution < 1.29 is 14.0 Å². The molecule has 1 saturated heterocycles. The number of hydrogen-bond acceptors (Lipinski definition) is 4. The number of anilines is 1. The average Bonchev–Trinajstić information content (AvgIpc) is 2.58. The second-order valence-corrected chi connectivity index (χ2v) is 6.80. The predicted molar refractivity (Wildman–Crippen MR) is 97.4 cm³/mol. The number of rotatable bonds is 3. The van der Waals surface area contributed by atoms with Crippen molar-refractivity contribution in [1.29, 1.82) is 0 Å². The van der Waals surface area contributed by atoms with Crippen LogP contribution in [0.1, 0.15) is 12.0 Å². The number of aliphatic imine (C=N–C) groups is 1. The van der Waals surface area contributed by atoms with Crippen molar-refractivity contribution in [3.05, 3.63) is 59.9 Å². The number of amidine groups is 1. The summed E-state index contributed by atoms with van der Waals surface area (Å²) in [5.41, 5.74) is 2.30. The minimum absolute atomic E-state index is 0.0601. The van der Waals surface area contributed by atoms with E-state index in [9.17, 15) is 14.0 Å². The van der Waals surface area contributed by atoms with Crippen molar-refractivity contribution >= 4 is 40.1 Å². The van der Waals surface area contributed by atoms with Crippen LogP contribution in [0.3, 0.4) is 0 Å². The molecule has 1 aliphatic rings. The summed E-state index contributed by atoms with van der Waals surface area (Å²) in [6, 6.07) is 13.0. The van der Waals surface area contributed by atoms with E-state index in [1.165, 1.54) is 36.0 Å². The highest BCUT2D eigenvalue weighted by molar-refractivity contribution is 8.15. The molecule has 128 valence electrons. The Morgan fingerprint density at radius 3 is 2.56 bits per heavy atom. The van der Waals surface area contributed by atoms with Gasteiger partial charge in [-0.1, -0.05) is 29.5 Å². The molecule has 1 unspecified atom stereocenters. The van der Waals surface area contributed by atoms with Gasteiger partial charge in [-0.2, -0.15) is 0 Å². The smallest absolute Gasteiger partial charge is 0.238 e. The van der Waals surface area contributed by atoms with Gasteiger partial charge in [-0.15, -0.1) is 0 Å². The molecule has 2 N–H and O–H groups in total. The van der Waals surface area contributed by atoms with Gasteiger partial charge in [0.25, 0.3) is 0 Å². The molecular formula is C18H16FN3O2S. The minimum atomic E-state index is -0.594. The quantitative estimate of drug-likeness (QED) is 0.885. The van der Waals surface area contributed by atoms with Gasteiger partial charge in [0, 0.05) is 12.1 Å². The van der Waals surface area contributed by atoms with Gasteiger partial charge in [-0.05, 0) is 43.3 Å². The molecule has 3 rings (SSSR count). The van der Waals surface area contributed by atoms with Gasteiger partial charge < -0.3 is 10.6 Å². The third-order valence-electron chi connectivity index (χ3n) is 3.54. The lowest BCUT2D eigenvalue weighted by atomic mass is 10.2. The molecule has 2 aromatic carbocycles. The number of aryl methyl sites for hydroxylation is 1. The third kappa shape index (κ3) is 4.67. The number of carbonyl (C=O) groups excluding carboxylic acids is 2. The maximum absolute atomic E-state index is 12.9. The molecule has 0 aliphatic carbocycles. The summed E-state index contributed by atoms with van der Waals surface area (Å²) in [6.45, 7) is 1.98. The van der Waals surface area contributed by atoms with Gasteiger partial charge in [0.2, 0.25) is 11.8 Å². The Bertz CT molecular complexity index is 819. The van der Waals surface area contributed by atoms with Crippen LogP contribution in [0.4, 0.5) is 15.8 Å². The summed E-state index contributed by atoms with van der Waals surface area (Å²) in [4.78, 5) is 28.7. The number of benzene rings is 2. The van der Waals surface area contributed by atoms with E-state index in [0.717, 1.165) is 5.56 Å². The molecule has 0 saturated carbocycles. The van der Waals surface area contributed by atoms with Crippen LogP contribution >= 0.6 is 11.8 Å². The molecular weight excluding hydrogens is 341 g/mol. The Kier molecular flexibility index (Phi) is 5.14. The van der Waals surface area contributed by atoms with Gasteiger partial charge in [-0.3, -0.25) is 9.59 Å². The fourth-order valence-corrected chi connectivity index (χ4v) is 3.24. The number of halogens is 1. The molecule has 2 amide bonds. The summed E-state index contributed by atoms with van der Waals surface area (Å²) in [5, 5.41) is 5.16. The first-order valence-electron chi connectivity index (χ1n) is 7.68. The van der Waals surface area contributed by atoms with E-state index in [1.54, 1.807) is 0 Å². The minimum Gasteiger partial charge on any atom is -0.325 e. The van der Waals surface area contributed by atoms with Crippen LogP contribution < -0.4 is 10.6 Å². The van der Waals surface area contributed by atoms with E-state index in [0.29, 0.717) is 16.5 Å². The number of nitrogens with zero attached hydrogens (tertiary/aromatic N) is 1. The van der Waals surface area contributed by atoms with Gasteiger partial charge in [0.05, 0.1) is 5.69 Å². The highest BCUT2D eigenvalue weighted by Gasteiger charge is 2.30. The molecule has 0 bridgehead atoms. The highest BCUT2D eigenvalue weighted by atomic mass is 32.2. The van der Waals surface area contributed by atoms with Crippen LogP contribution in [-0.2, 0) is 9.59 Å². The maximum Gasteiger partial charge on any atom is 0.238 e. The van der Waals surface area contributed by atoms with E-state index in [1.807, 2.05) is 31.2 Å². The maximum atomic E-state index is 12.9. The largest absolute Gasteiger partial charge is 0.325 e. The molecule has 25 heavy (non-hydrogen) atoms. The number of nitrogens with one attached hydrogen (secondary N) is 2. The zero-order valence-corrected chi connectivity index (χ0v) is 14.3. The van der Waals surface area contributed by atoms with Crippen LogP contribution in [0.15, 0.2) is 53.5 Å². The van der Waals surface area contributed by atoms with Crippen LogP contribution in [0, 0.1) is 12.7 Å². The lowest BCUT2D eigenvalue weighted by molar-refractivity contribution is -0.123. The van der Waals surface area contributed by atoms with Gasteiger partial charge >= 0.3 is 0 Å². The standard InChI is InChI=1S/C18H16FN3O2S/c1-11-2-6-14(7-3-11)21-18-22-16(23)10-15(25-18)17(24)20-13-8-4-12(19)5-9-13/h2-9,15H,10H2,1H3,(H,20,24)(H,21,22,23). The first-order valence-corrected chi connectivity index (χ1v) is 8.56. The zero-order valence-electron chi connectivity index (χ0n) is 13.5. The summed E-state index contributed by atoms with van der Waals surface area (Å²) < 4.78 is 12.9.